The molecule has 2 aliphatic rings. The monoisotopic (exact) mass is 405 g/mol. The smallest absolute Gasteiger partial charge is 0.225 e. The van der Waals surface area contributed by atoms with Crippen molar-refractivity contribution in [1.29, 1.82) is 0 Å². The number of likely N-dealkylation sites (tertiary alicyclic amines) is 1. The molecular formula is C21H31N3O3S. The second-order valence-electron chi connectivity index (χ2n) is 7.99. The number of benzene rings is 1. The van der Waals surface area contributed by atoms with Crippen LogP contribution in [0.3, 0.4) is 0 Å². The van der Waals surface area contributed by atoms with Gasteiger partial charge in [-0.15, -0.1) is 0 Å². The normalized spacial score (nSPS) is 21.5. The van der Waals surface area contributed by atoms with Gasteiger partial charge < -0.3 is 25.0 Å². The largest absolute Gasteiger partial charge is 0.493 e. The Morgan fingerprint density at radius 2 is 2.00 bits per heavy atom. The molecule has 1 saturated carbocycles. The molecule has 2 unspecified atom stereocenters. The van der Waals surface area contributed by atoms with Crippen LogP contribution in [-0.2, 0) is 4.79 Å². The summed E-state index contributed by atoms with van der Waals surface area (Å²) in [6.45, 7) is 6.16. The average molecular weight is 406 g/mol. The van der Waals surface area contributed by atoms with Crippen LogP contribution in [-0.4, -0.2) is 55.8 Å². The lowest BCUT2D eigenvalue weighted by molar-refractivity contribution is -0.125. The van der Waals surface area contributed by atoms with Crippen LogP contribution >= 0.6 is 12.2 Å². The van der Waals surface area contributed by atoms with Crippen LogP contribution in [0.25, 0.3) is 0 Å². The number of hydrogen-bond acceptors (Lipinski definition) is 4. The first-order chi connectivity index (χ1) is 13.4. The molecule has 1 aliphatic carbocycles. The zero-order valence-electron chi connectivity index (χ0n) is 17.2. The predicted octanol–water partition coefficient (Wildman–Crippen LogP) is 2.53. The van der Waals surface area contributed by atoms with Crippen LogP contribution in [0.4, 0.5) is 0 Å². The van der Waals surface area contributed by atoms with Crippen molar-refractivity contribution in [2.45, 2.75) is 38.6 Å². The molecule has 28 heavy (non-hydrogen) atoms. The van der Waals surface area contributed by atoms with Gasteiger partial charge in [-0.2, -0.15) is 0 Å². The van der Waals surface area contributed by atoms with Crippen molar-refractivity contribution >= 4 is 23.2 Å². The third kappa shape index (κ3) is 4.69. The van der Waals surface area contributed by atoms with E-state index in [1.54, 1.807) is 14.2 Å². The van der Waals surface area contributed by atoms with Crippen molar-refractivity contribution in [3.05, 3.63) is 23.8 Å². The van der Waals surface area contributed by atoms with E-state index in [4.69, 9.17) is 21.7 Å². The van der Waals surface area contributed by atoms with E-state index in [1.807, 2.05) is 18.2 Å². The molecule has 0 spiro atoms. The molecule has 1 heterocycles. The Bertz CT molecular complexity index is 721. The molecule has 0 radical (unpaired) electrons. The summed E-state index contributed by atoms with van der Waals surface area (Å²) >= 11 is 5.59. The Balaban J connectivity index is 1.86. The predicted molar refractivity (Wildman–Crippen MR) is 114 cm³/mol. The van der Waals surface area contributed by atoms with E-state index >= 15 is 0 Å². The van der Waals surface area contributed by atoms with Crippen LogP contribution in [0.5, 0.6) is 11.5 Å². The summed E-state index contributed by atoms with van der Waals surface area (Å²) in [6, 6.07) is 6.10. The lowest BCUT2D eigenvalue weighted by atomic mass is 9.87. The highest BCUT2D eigenvalue weighted by Crippen LogP contribution is 2.42. The second kappa shape index (κ2) is 8.99. The first-order valence-electron chi connectivity index (χ1n) is 9.98. The van der Waals surface area contributed by atoms with Crippen LogP contribution < -0.4 is 20.1 Å². The van der Waals surface area contributed by atoms with E-state index in [0.29, 0.717) is 35.6 Å². The molecule has 6 nitrogen and oxygen atoms in total. The van der Waals surface area contributed by atoms with Gasteiger partial charge in [0.05, 0.1) is 20.1 Å². The molecule has 0 bridgehead atoms. The minimum atomic E-state index is -0.188. The second-order valence-corrected chi connectivity index (χ2v) is 8.38. The molecule has 1 aromatic carbocycles. The zero-order valence-corrected chi connectivity index (χ0v) is 18.0. The molecule has 154 valence electrons. The summed E-state index contributed by atoms with van der Waals surface area (Å²) in [5.41, 5.74) is 0.989. The van der Waals surface area contributed by atoms with E-state index in [2.05, 4.69) is 29.4 Å². The molecular weight excluding hydrogens is 374 g/mol. The molecule has 0 aromatic heterocycles. The average Bonchev–Trinajstić information content (AvgIpc) is 3.40. The highest BCUT2D eigenvalue weighted by molar-refractivity contribution is 7.80. The quantitative estimate of drug-likeness (QED) is 0.680. The highest BCUT2D eigenvalue weighted by atomic mass is 32.1. The maximum Gasteiger partial charge on any atom is 0.225 e. The third-order valence-corrected chi connectivity index (χ3v) is 5.83. The molecule has 7 heteroatoms. The van der Waals surface area contributed by atoms with Gasteiger partial charge in [0, 0.05) is 37.2 Å². The first kappa shape index (κ1) is 20.7. The molecule has 2 fully saturated rings. The summed E-state index contributed by atoms with van der Waals surface area (Å²) in [5, 5.41) is 7.14. The number of amides is 1. The minimum Gasteiger partial charge on any atom is -0.493 e. The van der Waals surface area contributed by atoms with E-state index in [0.717, 1.165) is 12.1 Å². The number of nitrogens with one attached hydrogen (secondary N) is 2. The summed E-state index contributed by atoms with van der Waals surface area (Å²) in [7, 11) is 3.27. The van der Waals surface area contributed by atoms with Crippen LogP contribution in [0.15, 0.2) is 18.2 Å². The lowest BCUT2D eigenvalue weighted by Gasteiger charge is -2.23. The number of ether oxygens (including phenoxy) is 2. The van der Waals surface area contributed by atoms with Crippen LogP contribution in [0.2, 0.25) is 0 Å². The lowest BCUT2D eigenvalue weighted by Crippen LogP contribution is -2.42. The first-order valence-corrected chi connectivity index (χ1v) is 10.4. The number of hydrogen-bond donors (Lipinski definition) is 2. The third-order valence-electron chi connectivity index (χ3n) is 5.45. The van der Waals surface area contributed by atoms with Crippen molar-refractivity contribution in [3.8, 4) is 11.5 Å². The van der Waals surface area contributed by atoms with E-state index < -0.39 is 0 Å². The van der Waals surface area contributed by atoms with Crippen LogP contribution in [0.1, 0.15) is 38.2 Å². The topological polar surface area (TPSA) is 62.8 Å². The van der Waals surface area contributed by atoms with Gasteiger partial charge in [0.2, 0.25) is 5.91 Å². The van der Waals surface area contributed by atoms with Gasteiger partial charge in [0.25, 0.3) is 0 Å². The molecule has 3 rings (SSSR count). The van der Waals surface area contributed by atoms with E-state index in [1.165, 1.54) is 12.8 Å². The van der Waals surface area contributed by atoms with Crippen molar-refractivity contribution in [2.24, 2.45) is 11.8 Å². The number of rotatable bonds is 7. The van der Waals surface area contributed by atoms with Gasteiger partial charge in [-0.25, -0.2) is 0 Å². The maximum absolute atomic E-state index is 13.0. The molecule has 1 amide bonds. The molecule has 1 aliphatic heterocycles. The van der Waals surface area contributed by atoms with Gasteiger partial charge >= 0.3 is 0 Å². The fraction of sp³-hybridized carbons (Fsp3) is 0.619. The highest BCUT2D eigenvalue weighted by Gasteiger charge is 2.41. The molecule has 1 aromatic rings. The number of methoxy groups -OCH3 is 2. The van der Waals surface area contributed by atoms with Gasteiger partial charge in [-0.1, -0.05) is 12.1 Å². The van der Waals surface area contributed by atoms with Crippen LogP contribution in [0, 0.1) is 11.8 Å². The summed E-state index contributed by atoms with van der Waals surface area (Å²) in [6.07, 6.45) is 2.43. The Kier molecular flexibility index (Phi) is 6.65. The fourth-order valence-electron chi connectivity index (χ4n) is 3.79. The number of nitrogens with zero attached hydrogens (tertiary/aromatic N) is 1. The number of para-hydroxylation sites is 1. The summed E-state index contributed by atoms with van der Waals surface area (Å²) in [5.74, 6) is 1.91. The van der Waals surface area contributed by atoms with Gasteiger partial charge in [0.15, 0.2) is 16.6 Å². The molecule has 2 N–H and O–H groups in total. The zero-order chi connectivity index (χ0) is 20.3. The Hall–Kier alpha value is -2.02. The molecule has 2 atom stereocenters. The van der Waals surface area contributed by atoms with E-state index in [-0.39, 0.29) is 23.8 Å². The van der Waals surface area contributed by atoms with E-state index in [9.17, 15) is 4.79 Å². The fourth-order valence-corrected chi connectivity index (χ4v) is 4.18. The van der Waals surface area contributed by atoms with Crippen molar-refractivity contribution in [3.63, 3.8) is 0 Å². The SMILES string of the molecule is COc1cccc(C2CN(C(=S)NC(C)C)CC2C(=O)NCC2CC2)c1OC. The maximum atomic E-state index is 13.0. The standard InChI is InChI=1S/C21H31N3O3S/c1-13(2)23-21(28)24-11-16(15-6-5-7-18(26-3)19(15)27-4)17(12-24)20(25)22-10-14-8-9-14/h5-7,13-14,16-17H,8-12H2,1-4H3,(H,22,25)(H,23,28). The van der Waals surface area contributed by atoms with Gasteiger partial charge in [-0.05, 0) is 50.9 Å². The van der Waals surface area contributed by atoms with Gasteiger partial charge in [0.1, 0.15) is 0 Å². The Morgan fingerprint density at radius 3 is 2.61 bits per heavy atom. The van der Waals surface area contributed by atoms with Crippen molar-refractivity contribution < 1.29 is 14.3 Å². The summed E-state index contributed by atoms with van der Waals surface area (Å²) < 4.78 is 11.1. The number of carbonyl (C=O) groups is 1. The minimum absolute atomic E-state index is 0.0174. The van der Waals surface area contributed by atoms with Crippen molar-refractivity contribution in [1.82, 2.24) is 15.5 Å². The molecule has 1 saturated heterocycles. The summed E-state index contributed by atoms with van der Waals surface area (Å²) in [4.78, 5) is 15.1. The van der Waals surface area contributed by atoms with Crippen molar-refractivity contribution in [2.75, 3.05) is 33.9 Å². The van der Waals surface area contributed by atoms with Gasteiger partial charge in [-0.3, -0.25) is 4.79 Å². The number of thiocarbonyl (C=S) groups is 1. The Morgan fingerprint density at radius 1 is 1.25 bits per heavy atom. The Labute approximate surface area is 173 Å². The number of carbonyl (C=O) groups excluding carboxylic acids is 1.